The van der Waals surface area contributed by atoms with Crippen molar-refractivity contribution in [1.82, 2.24) is 15.3 Å². The molecule has 2 aromatic rings. The average Bonchev–Trinajstić information content (AvgIpc) is 2.83. The van der Waals surface area contributed by atoms with Gasteiger partial charge in [0.15, 0.2) is 0 Å². The van der Waals surface area contributed by atoms with Crippen molar-refractivity contribution in [2.75, 3.05) is 6.54 Å². The maximum Gasteiger partial charge on any atom is 0.0795 e. The predicted molar refractivity (Wildman–Crippen MR) is 66.5 cm³/mol. The molecule has 84 valence electrons. The molecule has 0 bridgehead atoms. The van der Waals surface area contributed by atoms with E-state index in [2.05, 4.69) is 33.7 Å². The van der Waals surface area contributed by atoms with Gasteiger partial charge in [-0.3, -0.25) is 4.98 Å². The molecule has 0 spiro atoms. The highest BCUT2D eigenvalue weighted by molar-refractivity contribution is 7.07. The highest BCUT2D eigenvalue weighted by atomic mass is 32.1. The van der Waals surface area contributed by atoms with Crippen LogP contribution in [0.5, 0.6) is 0 Å². The number of likely N-dealkylation sites (N-methyl/N-ethyl adjacent to an activating group) is 1. The second kappa shape index (κ2) is 5.72. The topological polar surface area (TPSA) is 37.8 Å². The molecular formula is C12H15N3S. The second-order valence-corrected chi connectivity index (χ2v) is 4.27. The third-order valence-corrected chi connectivity index (χ3v) is 3.00. The molecule has 3 nitrogen and oxygen atoms in total. The van der Waals surface area contributed by atoms with E-state index in [0.717, 1.165) is 24.4 Å². The van der Waals surface area contributed by atoms with Gasteiger partial charge in [0, 0.05) is 23.7 Å². The quantitative estimate of drug-likeness (QED) is 0.862. The first-order valence-electron chi connectivity index (χ1n) is 5.41. The Balaban J connectivity index is 2.09. The second-order valence-electron chi connectivity index (χ2n) is 3.55. The van der Waals surface area contributed by atoms with E-state index < -0.39 is 0 Å². The van der Waals surface area contributed by atoms with E-state index in [1.165, 1.54) is 0 Å². The fourth-order valence-electron chi connectivity index (χ4n) is 1.65. The summed E-state index contributed by atoms with van der Waals surface area (Å²) >= 11 is 1.63. The lowest BCUT2D eigenvalue weighted by molar-refractivity contribution is 0.534. The van der Waals surface area contributed by atoms with E-state index >= 15 is 0 Å². The van der Waals surface area contributed by atoms with Crippen molar-refractivity contribution in [3.63, 3.8) is 0 Å². The molecule has 0 aliphatic heterocycles. The number of rotatable bonds is 5. The van der Waals surface area contributed by atoms with E-state index in [0.29, 0.717) is 0 Å². The lowest BCUT2D eigenvalue weighted by Gasteiger charge is -2.14. The van der Waals surface area contributed by atoms with Crippen LogP contribution in [-0.4, -0.2) is 16.5 Å². The van der Waals surface area contributed by atoms with Crippen LogP contribution in [0.15, 0.2) is 35.3 Å². The molecule has 0 amide bonds. The first kappa shape index (κ1) is 11.2. The van der Waals surface area contributed by atoms with E-state index in [1.54, 1.807) is 11.3 Å². The minimum Gasteiger partial charge on any atom is -0.309 e. The Bertz CT molecular complexity index is 399. The summed E-state index contributed by atoms with van der Waals surface area (Å²) in [5.74, 6) is 0. The fourth-order valence-corrected chi connectivity index (χ4v) is 2.26. The zero-order chi connectivity index (χ0) is 11.2. The number of pyridine rings is 1. The van der Waals surface area contributed by atoms with Crippen LogP contribution in [0.2, 0.25) is 0 Å². The van der Waals surface area contributed by atoms with Gasteiger partial charge in [-0.05, 0) is 18.7 Å². The molecule has 1 unspecified atom stereocenters. The summed E-state index contributed by atoms with van der Waals surface area (Å²) < 4.78 is 0. The SMILES string of the molecule is CCNC(Cc1ccccn1)c1cscn1. The normalized spacial score (nSPS) is 12.6. The Labute approximate surface area is 99.6 Å². The van der Waals surface area contributed by atoms with Crippen LogP contribution >= 0.6 is 11.3 Å². The molecule has 2 aromatic heterocycles. The molecule has 0 aliphatic rings. The Kier molecular flexibility index (Phi) is 4.02. The van der Waals surface area contributed by atoms with Crippen molar-refractivity contribution in [2.45, 2.75) is 19.4 Å². The molecular weight excluding hydrogens is 218 g/mol. The first-order valence-corrected chi connectivity index (χ1v) is 6.35. The van der Waals surface area contributed by atoms with Crippen molar-refractivity contribution < 1.29 is 0 Å². The standard InChI is InChI=1S/C12H15N3S/c1-2-13-11(12-8-16-9-15-12)7-10-5-3-4-6-14-10/h3-6,8-9,11,13H,2,7H2,1H3. The minimum absolute atomic E-state index is 0.270. The van der Waals surface area contributed by atoms with E-state index in [-0.39, 0.29) is 6.04 Å². The summed E-state index contributed by atoms with van der Waals surface area (Å²) in [7, 11) is 0. The number of nitrogens with one attached hydrogen (secondary N) is 1. The first-order chi connectivity index (χ1) is 7.90. The molecule has 16 heavy (non-hydrogen) atoms. The van der Waals surface area contributed by atoms with Crippen LogP contribution in [0.25, 0.3) is 0 Å². The largest absolute Gasteiger partial charge is 0.309 e. The zero-order valence-electron chi connectivity index (χ0n) is 9.26. The van der Waals surface area contributed by atoms with Crippen molar-refractivity contribution >= 4 is 11.3 Å². The molecule has 0 aliphatic carbocycles. The Morgan fingerprint density at radius 3 is 2.94 bits per heavy atom. The van der Waals surface area contributed by atoms with Crippen LogP contribution < -0.4 is 5.32 Å². The van der Waals surface area contributed by atoms with E-state index in [1.807, 2.05) is 23.8 Å². The average molecular weight is 233 g/mol. The zero-order valence-corrected chi connectivity index (χ0v) is 10.1. The minimum atomic E-state index is 0.270. The van der Waals surface area contributed by atoms with Gasteiger partial charge in [-0.25, -0.2) is 4.98 Å². The number of thiazole rings is 1. The lowest BCUT2D eigenvalue weighted by atomic mass is 10.1. The van der Waals surface area contributed by atoms with Gasteiger partial charge >= 0.3 is 0 Å². The maximum atomic E-state index is 4.36. The smallest absolute Gasteiger partial charge is 0.0795 e. The summed E-state index contributed by atoms with van der Waals surface area (Å²) in [6, 6.07) is 6.28. The van der Waals surface area contributed by atoms with Crippen LogP contribution in [0.4, 0.5) is 0 Å². The molecule has 1 atom stereocenters. The Hall–Kier alpha value is -1.26. The Morgan fingerprint density at radius 1 is 1.38 bits per heavy atom. The van der Waals surface area contributed by atoms with Crippen molar-refractivity contribution in [3.05, 3.63) is 46.7 Å². The third-order valence-electron chi connectivity index (χ3n) is 2.40. The number of hydrogen-bond acceptors (Lipinski definition) is 4. The molecule has 0 radical (unpaired) electrons. The summed E-state index contributed by atoms with van der Waals surface area (Å²) in [6.07, 6.45) is 2.72. The summed E-state index contributed by atoms with van der Waals surface area (Å²) in [5.41, 5.74) is 4.08. The van der Waals surface area contributed by atoms with Crippen LogP contribution in [-0.2, 0) is 6.42 Å². The van der Waals surface area contributed by atoms with E-state index in [9.17, 15) is 0 Å². The lowest BCUT2D eigenvalue weighted by Crippen LogP contribution is -2.23. The predicted octanol–water partition coefficient (Wildman–Crippen LogP) is 2.43. The summed E-state index contributed by atoms with van der Waals surface area (Å²) in [5, 5.41) is 5.53. The third kappa shape index (κ3) is 2.87. The molecule has 4 heteroatoms. The maximum absolute atomic E-state index is 4.36. The van der Waals surface area contributed by atoms with Gasteiger partial charge in [0.1, 0.15) is 0 Å². The monoisotopic (exact) mass is 233 g/mol. The van der Waals surface area contributed by atoms with Crippen LogP contribution in [0.1, 0.15) is 24.4 Å². The molecule has 0 fully saturated rings. The van der Waals surface area contributed by atoms with Gasteiger partial charge in [0.05, 0.1) is 17.2 Å². The number of aromatic nitrogens is 2. The van der Waals surface area contributed by atoms with Gasteiger partial charge in [0.25, 0.3) is 0 Å². The molecule has 0 saturated carbocycles. The van der Waals surface area contributed by atoms with Gasteiger partial charge in [-0.2, -0.15) is 0 Å². The molecule has 2 heterocycles. The number of hydrogen-bond donors (Lipinski definition) is 1. The van der Waals surface area contributed by atoms with Crippen molar-refractivity contribution in [1.29, 1.82) is 0 Å². The van der Waals surface area contributed by atoms with E-state index in [4.69, 9.17) is 0 Å². The molecule has 2 rings (SSSR count). The highest BCUT2D eigenvalue weighted by Gasteiger charge is 2.13. The fraction of sp³-hybridized carbons (Fsp3) is 0.333. The van der Waals surface area contributed by atoms with Crippen molar-refractivity contribution in [2.24, 2.45) is 0 Å². The van der Waals surface area contributed by atoms with Crippen LogP contribution in [0, 0.1) is 0 Å². The van der Waals surface area contributed by atoms with Gasteiger partial charge in [-0.1, -0.05) is 13.0 Å². The van der Waals surface area contributed by atoms with Crippen LogP contribution in [0.3, 0.4) is 0 Å². The summed E-state index contributed by atoms with van der Waals surface area (Å²) in [6.45, 7) is 3.05. The molecule has 0 saturated heterocycles. The van der Waals surface area contributed by atoms with Gasteiger partial charge < -0.3 is 5.32 Å². The van der Waals surface area contributed by atoms with Gasteiger partial charge in [0.2, 0.25) is 0 Å². The molecule has 1 N–H and O–H groups in total. The molecule has 0 aromatic carbocycles. The van der Waals surface area contributed by atoms with Gasteiger partial charge in [-0.15, -0.1) is 11.3 Å². The highest BCUT2D eigenvalue weighted by Crippen LogP contribution is 2.17. The van der Waals surface area contributed by atoms with Crippen molar-refractivity contribution in [3.8, 4) is 0 Å². The number of nitrogens with zero attached hydrogens (tertiary/aromatic N) is 2. The summed E-state index contributed by atoms with van der Waals surface area (Å²) in [4.78, 5) is 8.71. The Morgan fingerprint density at radius 2 is 2.31 bits per heavy atom.